The van der Waals surface area contributed by atoms with Crippen LogP contribution in [0.4, 0.5) is 0 Å². The van der Waals surface area contributed by atoms with Gasteiger partial charge in [0.15, 0.2) is 6.61 Å². The Hall–Kier alpha value is -2.05. The lowest BCUT2D eigenvalue weighted by Crippen LogP contribution is -2.51. The molecular weight excluding hydrogens is 492 g/mol. The summed E-state index contributed by atoms with van der Waals surface area (Å²) in [5.74, 6) is 0.499. The number of rotatable bonds is 10. The van der Waals surface area contributed by atoms with Crippen molar-refractivity contribution in [3.05, 3.63) is 63.1 Å². The van der Waals surface area contributed by atoms with Crippen LogP contribution in [0.3, 0.4) is 0 Å². The van der Waals surface area contributed by atoms with Crippen LogP contribution in [0.5, 0.6) is 5.75 Å². The van der Waals surface area contributed by atoms with Crippen LogP contribution < -0.4 is 10.1 Å². The molecule has 2 rings (SSSR count). The molecule has 2 aromatic rings. The van der Waals surface area contributed by atoms with Crippen LogP contribution in [-0.2, 0) is 16.1 Å². The molecule has 0 saturated heterocycles. The standard InChI is InChI=1S/C25H32BrClN2O3/c1-6-22(25(31)28-17(4)5)29(14-19-9-7-8-10-21(19)27)24(30)15-32-23-12-11-18(16(2)3)13-20(23)26/h7-13,16-17,22H,6,14-15H2,1-5H3,(H,28,31). The van der Waals surface area contributed by atoms with E-state index in [-0.39, 0.29) is 31.0 Å². The van der Waals surface area contributed by atoms with Gasteiger partial charge in [0.25, 0.3) is 5.91 Å². The van der Waals surface area contributed by atoms with Gasteiger partial charge in [0.2, 0.25) is 5.91 Å². The monoisotopic (exact) mass is 522 g/mol. The summed E-state index contributed by atoms with van der Waals surface area (Å²) < 4.78 is 6.63. The van der Waals surface area contributed by atoms with Crippen LogP contribution >= 0.6 is 27.5 Å². The highest BCUT2D eigenvalue weighted by atomic mass is 79.9. The first-order chi connectivity index (χ1) is 15.1. The maximum atomic E-state index is 13.3. The fraction of sp³-hybridized carbons (Fsp3) is 0.440. The van der Waals surface area contributed by atoms with Crippen molar-refractivity contribution < 1.29 is 14.3 Å². The van der Waals surface area contributed by atoms with Gasteiger partial charge < -0.3 is 15.0 Å². The van der Waals surface area contributed by atoms with Crippen molar-refractivity contribution in [2.24, 2.45) is 0 Å². The van der Waals surface area contributed by atoms with Crippen LogP contribution in [0.25, 0.3) is 0 Å². The summed E-state index contributed by atoms with van der Waals surface area (Å²) in [5, 5.41) is 3.47. The summed E-state index contributed by atoms with van der Waals surface area (Å²) in [5.41, 5.74) is 1.95. The number of carbonyl (C=O) groups is 2. The van der Waals surface area contributed by atoms with E-state index in [9.17, 15) is 9.59 Å². The molecule has 32 heavy (non-hydrogen) atoms. The predicted octanol–water partition coefficient (Wildman–Crippen LogP) is 5.94. The minimum absolute atomic E-state index is 0.0273. The van der Waals surface area contributed by atoms with Gasteiger partial charge in [-0.1, -0.05) is 56.6 Å². The summed E-state index contributed by atoms with van der Waals surface area (Å²) in [6.07, 6.45) is 0.474. The molecule has 5 nitrogen and oxygen atoms in total. The zero-order valence-corrected chi connectivity index (χ0v) is 21.7. The van der Waals surface area contributed by atoms with Crippen molar-refractivity contribution in [2.45, 2.75) is 65.6 Å². The Morgan fingerprint density at radius 3 is 2.38 bits per heavy atom. The van der Waals surface area contributed by atoms with E-state index in [0.717, 1.165) is 10.0 Å². The van der Waals surface area contributed by atoms with Gasteiger partial charge in [-0.05, 0) is 71.4 Å². The van der Waals surface area contributed by atoms with E-state index in [4.69, 9.17) is 16.3 Å². The van der Waals surface area contributed by atoms with Crippen molar-refractivity contribution in [1.29, 1.82) is 0 Å². The number of ether oxygens (including phenoxy) is 1. The second-order valence-corrected chi connectivity index (χ2v) is 9.60. The largest absolute Gasteiger partial charge is 0.483 e. The first-order valence-electron chi connectivity index (χ1n) is 10.9. The van der Waals surface area contributed by atoms with Crippen LogP contribution in [0.15, 0.2) is 46.9 Å². The second kappa shape index (κ2) is 12.3. The highest BCUT2D eigenvalue weighted by molar-refractivity contribution is 9.10. The molecule has 1 unspecified atom stereocenters. The number of hydrogen-bond donors (Lipinski definition) is 1. The van der Waals surface area contributed by atoms with Crippen molar-refractivity contribution in [3.8, 4) is 5.75 Å². The van der Waals surface area contributed by atoms with Crippen molar-refractivity contribution >= 4 is 39.3 Å². The Labute approximate surface area is 204 Å². The highest BCUT2D eigenvalue weighted by Crippen LogP contribution is 2.29. The molecule has 174 valence electrons. The third-order valence-electron chi connectivity index (χ3n) is 5.09. The van der Waals surface area contributed by atoms with Gasteiger partial charge in [0.1, 0.15) is 11.8 Å². The van der Waals surface area contributed by atoms with Crippen molar-refractivity contribution in [3.63, 3.8) is 0 Å². The molecule has 0 aromatic heterocycles. The zero-order chi connectivity index (χ0) is 23.8. The van der Waals surface area contributed by atoms with E-state index in [2.05, 4.69) is 35.1 Å². The number of benzene rings is 2. The Morgan fingerprint density at radius 2 is 1.81 bits per heavy atom. The van der Waals surface area contributed by atoms with Gasteiger partial charge in [-0.2, -0.15) is 0 Å². The maximum absolute atomic E-state index is 13.3. The normalized spacial score (nSPS) is 12.0. The van der Waals surface area contributed by atoms with Crippen LogP contribution in [0, 0.1) is 0 Å². The van der Waals surface area contributed by atoms with Crippen LogP contribution in [0.1, 0.15) is 58.1 Å². The summed E-state index contributed by atoms with van der Waals surface area (Å²) in [4.78, 5) is 27.7. The Kier molecular flexibility index (Phi) is 10.0. The lowest BCUT2D eigenvalue weighted by atomic mass is 10.0. The SMILES string of the molecule is CCC(C(=O)NC(C)C)N(Cc1ccccc1Cl)C(=O)COc1ccc(C(C)C)cc1Br. The van der Waals surface area contributed by atoms with Crippen molar-refractivity contribution in [2.75, 3.05) is 6.61 Å². The zero-order valence-electron chi connectivity index (χ0n) is 19.3. The third-order valence-corrected chi connectivity index (χ3v) is 6.08. The highest BCUT2D eigenvalue weighted by Gasteiger charge is 2.29. The minimum Gasteiger partial charge on any atom is -0.483 e. The fourth-order valence-corrected chi connectivity index (χ4v) is 4.03. The number of nitrogens with zero attached hydrogens (tertiary/aromatic N) is 1. The molecule has 2 amide bonds. The number of hydrogen-bond acceptors (Lipinski definition) is 3. The average Bonchev–Trinajstić information content (AvgIpc) is 2.73. The Balaban J connectivity index is 2.24. The van der Waals surface area contributed by atoms with E-state index in [1.165, 1.54) is 5.56 Å². The van der Waals surface area contributed by atoms with Crippen LogP contribution in [-0.4, -0.2) is 35.4 Å². The van der Waals surface area contributed by atoms with E-state index < -0.39 is 6.04 Å². The number of halogens is 2. The molecule has 7 heteroatoms. The maximum Gasteiger partial charge on any atom is 0.261 e. The van der Waals surface area contributed by atoms with Gasteiger partial charge in [0, 0.05) is 17.6 Å². The van der Waals surface area contributed by atoms with Gasteiger partial charge in [-0.25, -0.2) is 0 Å². The molecule has 2 aromatic carbocycles. The first kappa shape index (κ1) is 26.2. The lowest BCUT2D eigenvalue weighted by Gasteiger charge is -2.31. The van der Waals surface area contributed by atoms with Crippen LogP contribution in [0.2, 0.25) is 5.02 Å². The molecule has 0 fully saturated rings. The van der Waals surface area contributed by atoms with E-state index in [0.29, 0.717) is 23.1 Å². The first-order valence-corrected chi connectivity index (χ1v) is 12.1. The Bertz CT molecular complexity index is 933. The van der Waals surface area contributed by atoms with Gasteiger partial charge in [0.05, 0.1) is 4.47 Å². The van der Waals surface area contributed by atoms with Gasteiger partial charge in [-0.15, -0.1) is 0 Å². The molecule has 0 heterocycles. The summed E-state index contributed by atoms with van der Waals surface area (Å²) >= 11 is 9.87. The summed E-state index contributed by atoms with van der Waals surface area (Å²) in [6, 6.07) is 12.5. The van der Waals surface area contributed by atoms with Gasteiger partial charge in [-0.3, -0.25) is 9.59 Å². The molecule has 0 aliphatic heterocycles. The molecule has 0 aliphatic carbocycles. The predicted molar refractivity (Wildman–Crippen MR) is 133 cm³/mol. The molecule has 0 bridgehead atoms. The molecule has 0 saturated carbocycles. The number of carbonyl (C=O) groups excluding carboxylic acids is 2. The molecule has 0 aliphatic rings. The fourth-order valence-electron chi connectivity index (χ4n) is 3.33. The second-order valence-electron chi connectivity index (χ2n) is 8.33. The van der Waals surface area contributed by atoms with E-state index >= 15 is 0 Å². The van der Waals surface area contributed by atoms with Crippen molar-refractivity contribution in [1.82, 2.24) is 10.2 Å². The van der Waals surface area contributed by atoms with E-state index in [1.807, 2.05) is 57.2 Å². The lowest BCUT2D eigenvalue weighted by molar-refractivity contribution is -0.143. The third kappa shape index (κ3) is 7.24. The van der Waals surface area contributed by atoms with Gasteiger partial charge >= 0.3 is 0 Å². The summed E-state index contributed by atoms with van der Waals surface area (Å²) in [6.45, 7) is 9.95. The Morgan fingerprint density at radius 1 is 1.12 bits per heavy atom. The van der Waals surface area contributed by atoms with E-state index in [1.54, 1.807) is 11.0 Å². The smallest absolute Gasteiger partial charge is 0.261 e. The quantitative estimate of drug-likeness (QED) is 0.419. The number of nitrogens with one attached hydrogen (secondary N) is 1. The topological polar surface area (TPSA) is 58.6 Å². The number of amides is 2. The molecule has 1 N–H and O–H groups in total. The molecular formula is C25H32BrClN2O3. The average molecular weight is 524 g/mol. The summed E-state index contributed by atoms with van der Waals surface area (Å²) in [7, 11) is 0. The molecule has 0 spiro atoms. The molecule has 0 radical (unpaired) electrons. The minimum atomic E-state index is -0.628. The molecule has 1 atom stereocenters.